The zero-order valence-electron chi connectivity index (χ0n) is 5.22. The topological polar surface area (TPSA) is 61.9 Å². The zero-order chi connectivity index (χ0) is 6.43. The second-order valence-electron chi connectivity index (χ2n) is 2.97. The minimum atomic E-state index is 0.395. The molecule has 2 unspecified atom stereocenters. The molecule has 2 rings (SSSR count). The molecule has 1 heterocycles. The van der Waals surface area contributed by atoms with Crippen LogP contribution in [-0.2, 0) is 0 Å². The predicted octanol–water partition coefficient (Wildman–Crippen LogP) is -0.612. The summed E-state index contributed by atoms with van der Waals surface area (Å²) in [5.41, 5.74) is 5.34. The van der Waals surface area contributed by atoms with Crippen LogP contribution in [0.25, 0.3) is 0 Å². The Morgan fingerprint density at radius 3 is 2.33 bits per heavy atom. The van der Waals surface area contributed by atoms with Crippen LogP contribution in [0.1, 0.15) is 0 Å². The zero-order valence-corrected chi connectivity index (χ0v) is 5.22. The molecule has 1 saturated heterocycles. The van der Waals surface area contributed by atoms with Crippen LogP contribution in [0.2, 0.25) is 0 Å². The van der Waals surface area contributed by atoms with Crippen molar-refractivity contribution < 1.29 is 0 Å². The summed E-state index contributed by atoms with van der Waals surface area (Å²) in [4.78, 5) is 0. The molecular weight excluding hydrogens is 114 g/mol. The third-order valence-electron chi connectivity index (χ3n) is 2.45. The Bertz CT molecular complexity index is 144. The third kappa shape index (κ3) is 0.580. The van der Waals surface area contributed by atoms with E-state index in [1.165, 1.54) is 0 Å². The minimum absolute atomic E-state index is 0.395. The second-order valence-corrected chi connectivity index (χ2v) is 2.97. The second kappa shape index (κ2) is 1.48. The van der Waals surface area contributed by atoms with Crippen LogP contribution in [-0.4, -0.2) is 18.9 Å². The number of piperidine rings is 1. The first-order chi connectivity index (χ1) is 4.30. The molecule has 1 saturated carbocycles. The molecule has 9 heavy (non-hydrogen) atoms. The van der Waals surface area contributed by atoms with Gasteiger partial charge in [-0.25, -0.2) is 0 Å². The van der Waals surface area contributed by atoms with Crippen molar-refractivity contribution in [3.05, 3.63) is 0 Å². The number of amidine groups is 1. The number of nitrogens with one attached hydrogen (secondary N) is 2. The first-order valence-electron chi connectivity index (χ1n) is 3.35. The van der Waals surface area contributed by atoms with Crippen molar-refractivity contribution in [2.45, 2.75) is 0 Å². The molecule has 3 heteroatoms. The lowest BCUT2D eigenvalue weighted by Gasteiger charge is -1.99. The van der Waals surface area contributed by atoms with E-state index in [1.54, 1.807) is 0 Å². The molecule has 3 nitrogen and oxygen atoms in total. The Balaban J connectivity index is 2.02. The fourth-order valence-corrected chi connectivity index (χ4v) is 1.88. The van der Waals surface area contributed by atoms with Gasteiger partial charge in [-0.2, -0.15) is 0 Å². The normalized spacial score (nSPS) is 46.4. The Kier molecular flexibility index (Phi) is 0.858. The van der Waals surface area contributed by atoms with E-state index in [9.17, 15) is 0 Å². The van der Waals surface area contributed by atoms with Gasteiger partial charge in [0.25, 0.3) is 0 Å². The van der Waals surface area contributed by atoms with Crippen molar-refractivity contribution in [1.82, 2.24) is 5.32 Å². The van der Waals surface area contributed by atoms with Crippen LogP contribution in [0.5, 0.6) is 0 Å². The molecule has 1 aliphatic heterocycles. The lowest BCUT2D eigenvalue weighted by Crippen LogP contribution is -2.22. The number of hydrogen-bond acceptors (Lipinski definition) is 2. The molecule has 2 fully saturated rings. The maximum absolute atomic E-state index is 7.16. The Labute approximate surface area is 54.1 Å². The lowest BCUT2D eigenvalue weighted by molar-refractivity contribution is 0.682. The monoisotopic (exact) mass is 125 g/mol. The van der Waals surface area contributed by atoms with E-state index in [4.69, 9.17) is 11.1 Å². The summed E-state index contributed by atoms with van der Waals surface area (Å²) in [6.45, 7) is 2.16. The van der Waals surface area contributed by atoms with Gasteiger partial charge in [0.05, 0.1) is 5.84 Å². The van der Waals surface area contributed by atoms with Crippen LogP contribution >= 0.6 is 0 Å². The van der Waals surface area contributed by atoms with Crippen molar-refractivity contribution in [1.29, 1.82) is 5.41 Å². The van der Waals surface area contributed by atoms with E-state index in [1.807, 2.05) is 0 Å². The summed E-state index contributed by atoms with van der Waals surface area (Å²) in [7, 11) is 0. The molecule has 50 valence electrons. The van der Waals surface area contributed by atoms with Gasteiger partial charge in [-0.15, -0.1) is 0 Å². The third-order valence-corrected chi connectivity index (χ3v) is 2.45. The van der Waals surface area contributed by atoms with E-state index < -0.39 is 0 Å². The molecule has 0 bridgehead atoms. The smallest absolute Gasteiger partial charge is 0.0943 e. The molecule has 4 N–H and O–H groups in total. The molecule has 0 radical (unpaired) electrons. The molecule has 1 aliphatic carbocycles. The van der Waals surface area contributed by atoms with E-state index in [0.717, 1.165) is 13.1 Å². The van der Waals surface area contributed by atoms with Crippen molar-refractivity contribution >= 4 is 5.84 Å². The highest BCUT2D eigenvalue weighted by molar-refractivity contribution is 5.83. The Morgan fingerprint density at radius 2 is 2.00 bits per heavy atom. The summed E-state index contributed by atoms with van der Waals surface area (Å²) in [5, 5.41) is 10.4. The minimum Gasteiger partial charge on any atom is -0.387 e. The molecule has 0 spiro atoms. The van der Waals surface area contributed by atoms with Gasteiger partial charge in [0.2, 0.25) is 0 Å². The van der Waals surface area contributed by atoms with Crippen LogP contribution in [0.3, 0.4) is 0 Å². The number of rotatable bonds is 1. The standard InChI is InChI=1S/C6H11N3/c7-6(8)5-3-1-9-2-4(3)5/h3-5,9H,1-2H2,(H3,7,8). The van der Waals surface area contributed by atoms with Crippen LogP contribution < -0.4 is 11.1 Å². The van der Waals surface area contributed by atoms with Crippen molar-refractivity contribution in [3.63, 3.8) is 0 Å². The van der Waals surface area contributed by atoms with Gasteiger partial charge in [0.1, 0.15) is 0 Å². The quantitative estimate of drug-likeness (QED) is 0.323. The number of hydrogen-bond donors (Lipinski definition) is 3. The molecule has 0 aromatic heterocycles. The molecule has 2 aliphatic rings. The average molecular weight is 125 g/mol. The van der Waals surface area contributed by atoms with Gasteiger partial charge < -0.3 is 11.1 Å². The molecule has 0 aromatic carbocycles. The van der Waals surface area contributed by atoms with Crippen molar-refractivity contribution in [2.75, 3.05) is 13.1 Å². The highest BCUT2D eigenvalue weighted by atomic mass is 15.0. The maximum atomic E-state index is 7.16. The van der Waals surface area contributed by atoms with Crippen molar-refractivity contribution in [3.8, 4) is 0 Å². The Morgan fingerprint density at radius 1 is 1.44 bits per heavy atom. The Hall–Kier alpha value is -0.570. The van der Waals surface area contributed by atoms with E-state index in [2.05, 4.69) is 5.32 Å². The summed E-state index contributed by atoms with van der Waals surface area (Å²) in [5.74, 6) is 2.25. The van der Waals surface area contributed by atoms with Gasteiger partial charge >= 0.3 is 0 Å². The van der Waals surface area contributed by atoms with Crippen LogP contribution in [0.15, 0.2) is 0 Å². The largest absolute Gasteiger partial charge is 0.387 e. The van der Waals surface area contributed by atoms with E-state index >= 15 is 0 Å². The van der Waals surface area contributed by atoms with Crippen LogP contribution in [0.4, 0.5) is 0 Å². The summed E-state index contributed by atoms with van der Waals surface area (Å²) >= 11 is 0. The molecule has 0 aromatic rings. The molecular formula is C6H11N3. The SMILES string of the molecule is N=C(N)C1C2CNCC21. The summed E-state index contributed by atoms with van der Waals surface area (Å²) in [6.07, 6.45) is 0. The fraction of sp³-hybridized carbons (Fsp3) is 0.833. The van der Waals surface area contributed by atoms with Gasteiger partial charge in [-0.1, -0.05) is 0 Å². The number of nitrogens with two attached hydrogens (primary N) is 1. The van der Waals surface area contributed by atoms with Gasteiger partial charge in [0.15, 0.2) is 0 Å². The summed E-state index contributed by atoms with van der Waals surface area (Å²) < 4.78 is 0. The molecule has 0 amide bonds. The van der Waals surface area contributed by atoms with E-state index in [0.29, 0.717) is 23.6 Å². The summed E-state index contributed by atoms with van der Waals surface area (Å²) in [6, 6.07) is 0. The first-order valence-corrected chi connectivity index (χ1v) is 3.35. The highest BCUT2D eigenvalue weighted by Gasteiger charge is 2.54. The molecule has 2 atom stereocenters. The van der Waals surface area contributed by atoms with Crippen molar-refractivity contribution in [2.24, 2.45) is 23.5 Å². The lowest BCUT2D eigenvalue weighted by atomic mass is 10.3. The van der Waals surface area contributed by atoms with Gasteiger partial charge in [0, 0.05) is 5.92 Å². The average Bonchev–Trinajstić information content (AvgIpc) is 2.30. The highest BCUT2D eigenvalue weighted by Crippen LogP contribution is 2.48. The fourth-order valence-electron chi connectivity index (χ4n) is 1.88. The maximum Gasteiger partial charge on any atom is 0.0943 e. The van der Waals surface area contributed by atoms with Crippen LogP contribution in [0, 0.1) is 23.2 Å². The predicted molar refractivity (Wildman–Crippen MR) is 35.3 cm³/mol. The van der Waals surface area contributed by atoms with Gasteiger partial charge in [-0.3, -0.25) is 5.41 Å². The first kappa shape index (κ1) is 5.23. The number of fused-ring (bicyclic) bond motifs is 1. The van der Waals surface area contributed by atoms with E-state index in [-0.39, 0.29) is 0 Å². The van der Waals surface area contributed by atoms with Gasteiger partial charge in [-0.05, 0) is 24.9 Å².